The number of benzene rings is 2. The van der Waals surface area contributed by atoms with E-state index in [4.69, 9.17) is 15.2 Å². The summed E-state index contributed by atoms with van der Waals surface area (Å²) < 4.78 is 23.7. The quantitative estimate of drug-likeness (QED) is 0.674. The van der Waals surface area contributed by atoms with E-state index in [-0.39, 0.29) is 23.7 Å². The lowest BCUT2D eigenvalue weighted by molar-refractivity contribution is 0.0469. The lowest BCUT2D eigenvalue weighted by Gasteiger charge is -2.11. The first kappa shape index (κ1) is 15.3. The highest BCUT2D eigenvalue weighted by Gasteiger charge is 2.16. The van der Waals surface area contributed by atoms with Crippen molar-refractivity contribution in [3.63, 3.8) is 0 Å². The molecule has 0 fully saturated rings. The van der Waals surface area contributed by atoms with E-state index in [1.54, 1.807) is 30.3 Å². The summed E-state index contributed by atoms with van der Waals surface area (Å²) in [7, 11) is 1.43. The molecule has 0 aliphatic heterocycles. The summed E-state index contributed by atoms with van der Waals surface area (Å²) in [5.41, 5.74) is 7.01. The molecule has 0 aliphatic rings. The summed E-state index contributed by atoms with van der Waals surface area (Å²) in [5, 5.41) is 0. The van der Waals surface area contributed by atoms with Gasteiger partial charge >= 0.3 is 5.97 Å². The highest BCUT2D eigenvalue weighted by Crippen LogP contribution is 2.27. The number of ether oxygens (including phenoxy) is 2. The highest BCUT2D eigenvalue weighted by atomic mass is 79.9. The molecule has 2 aromatic carbocycles. The van der Waals surface area contributed by atoms with Crippen LogP contribution >= 0.6 is 15.9 Å². The molecule has 0 saturated carbocycles. The molecule has 0 saturated heterocycles. The van der Waals surface area contributed by atoms with Crippen LogP contribution in [0.4, 0.5) is 10.1 Å². The third kappa shape index (κ3) is 3.52. The average molecular weight is 354 g/mol. The molecule has 2 aromatic rings. The van der Waals surface area contributed by atoms with E-state index >= 15 is 0 Å². The molecule has 0 aromatic heterocycles. The molecule has 2 rings (SSSR count). The van der Waals surface area contributed by atoms with Crippen molar-refractivity contribution in [3.8, 4) is 5.75 Å². The smallest absolute Gasteiger partial charge is 0.342 e. The molecule has 0 spiro atoms. The van der Waals surface area contributed by atoms with Gasteiger partial charge < -0.3 is 15.2 Å². The monoisotopic (exact) mass is 353 g/mol. The molecule has 0 radical (unpaired) electrons. The van der Waals surface area contributed by atoms with Gasteiger partial charge in [-0.15, -0.1) is 0 Å². The first-order valence-corrected chi connectivity index (χ1v) is 6.85. The predicted molar refractivity (Wildman–Crippen MR) is 80.6 cm³/mol. The van der Waals surface area contributed by atoms with Gasteiger partial charge in [0.25, 0.3) is 0 Å². The van der Waals surface area contributed by atoms with Crippen LogP contribution < -0.4 is 10.5 Å². The summed E-state index contributed by atoms with van der Waals surface area (Å²) in [6.07, 6.45) is 0. The second-order valence-electron chi connectivity index (χ2n) is 4.25. The largest absolute Gasteiger partial charge is 0.494 e. The third-order valence-electron chi connectivity index (χ3n) is 2.82. The van der Waals surface area contributed by atoms with Crippen LogP contribution in [-0.4, -0.2) is 13.1 Å². The van der Waals surface area contributed by atoms with Gasteiger partial charge in [0.05, 0.1) is 17.3 Å². The molecule has 0 heterocycles. The molecule has 6 heteroatoms. The average Bonchev–Trinajstić information content (AvgIpc) is 2.48. The zero-order valence-corrected chi connectivity index (χ0v) is 12.8. The molecule has 2 N–H and O–H groups in total. The molecule has 0 aliphatic carbocycles. The van der Waals surface area contributed by atoms with Crippen molar-refractivity contribution in [2.45, 2.75) is 6.61 Å². The molecule has 0 atom stereocenters. The Balaban J connectivity index is 2.12. The Labute approximate surface area is 129 Å². The fourth-order valence-corrected chi connectivity index (χ4v) is 2.23. The molecule has 4 nitrogen and oxygen atoms in total. The maximum atomic E-state index is 13.1. The number of hydrogen-bond donors (Lipinski definition) is 1. The Morgan fingerprint density at radius 2 is 2.10 bits per heavy atom. The molecular formula is C15H13BrFNO3. The predicted octanol–water partition coefficient (Wildman–Crippen LogP) is 3.54. The SMILES string of the molecule is COc1c(N)cccc1C(=O)OCc1ccc(F)c(Br)c1. The minimum atomic E-state index is -0.556. The van der Waals surface area contributed by atoms with E-state index in [0.29, 0.717) is 15.7 Å². The first-order chi connectivity index (χ1) is 10.0. The van der Waals surface area contributed by atoms with Gasteiger partial charge in [0.15, 0.2) is 5.75 Å². The van der Waals surface area contributed by atoms with Crippen LogP contribution in [0, 0.1) is 5.82 Å². The Morgan fingerprint density at radius 1 is 1.33 bits per heavy atom. The van der Waals surface area contributed by atoms with E-state index < -0.39 is 5.97 Å². The van der Waals surface area contributed by atoms with Gasteiger partial charge in [-0.1, -0.05) is 12.1 Å². The van der Waals surface area contributed by atoms with E-state index in [2.05, 4.69) is 15.9 Å². The van der Waals surface area contributed by atoms with Crippen molar-refractivity contribution in [1.82, 2.24) is 0 Å². The molecule has 0 unspecified atom stereocenters. The topological polar surface area (TPSA) is 61.5 Å². The fourth-order valence-electron chi connectivity index (χ4n) is 1.80. The molecular weight excluding hydrogens is 341 g/mol. The first-order valence-electron chi connectivity index (χ1n) is 6.06. The summed E-state index contributed by atoms with van der Waals surface area (Å²) in [6.45, 7) is 0.0235. The minimum Gasteiger partial charge on any atom is -0.494 e. The van der Waals surface area contributed by atoms with Crippen molar-refractivity contribution in [3.05, 3.63) is 57.8 Å². The Kier molecular flexibility index (Phi) is 4.80. The Bertz CT molecular complexity index is 676. The second-order valence-corrected chi connectivity index (χ2v) is 5.11. The standard InChI is InChI=1S/C15H13BrFNO3/c1-20-14-10(3-2-4-13(14)18)15(19)21-8-9-5-6-12(17)11(16)7-9/h2-7H,8,18H2,1H3. The number of nitrogen functional groups attached to an aromatic ring is 1. The van der Waals surface area contributed by atoms with Crippen LogP contribution in [0.15, 0.2) is 40.9 Å². The van der Waals surface area contributed by atoms with Gasteiger partial charge in [0, 0.05) is 0 Å². The Hall–Kier alpha value is -2.08. The van der Waals surface area contributed by atoms with Crippen molar-refractivity contribution < 1.29 is 18.7 Å². The zero-order valence-electron chi connectivity index (χ0n) is 11.2. The van der Waals surface area contributed by atoms with Gasteiger partial charge in [-0.3, -0.25) is 0 Å². The summed E-state index contributed by atoms with van der Waals surface area (Å²) >= 11 is 3.08. The lowest BCUT2D eigenvalue weighted by Crippen LogP contribution is -2.08. The summed E-state index contributed by atoms with van der Waals surface area (Å²) in [6, 6.07) is 9.24. The number of carbonyl (C=O) groups is 1. The molecule has 0 amide bonds. The lowest BCUT2D eigenvalue weighted by atomic mass is 10.1. The summed E-state index contributed by atoms with van der Waals surface area (Å²) in [4.78, 5) is 12.1. The second kappa shape index (κ2) is 6.58. The maximum absolute atomic E-state index is 13.1. The van der Waals surface area contributed by atoms with Crippen LogP contribution in [0.3, 0.4) is 0 Å². The fraction of sp³-hybridized carbons (Fsp3) is 0.133. The van der Waals surface area contributed by atoms with E-state index in [1.807, 2.05) is 0 Å². The number of methoxy groups -OCH3 is 1. The molecule has 21 heavy (non-hydrogen) atoms. The van der Waals surface area contributed by atoms with Crippen LogP contribution in [0.25, 0.3) is 0 Å². The number of rotatable bonds is 4. The summed E-state index contributed by atoms with van der Waals surface area (Å²) in [5.74, 6) is -0.648. The number of carbonyl (C=O) groups excluding carboxylic acids is 1. The van der Waals surface area contributed by atoms with Gasteiger partial charge in [-0.2, -0.15) is 0 Å². The van der Waals surface area contributed by atoms with Gasteiger partial charge in [0.2, 0.25) is 0 Å². The van der Waals surface area contributed by atoms with Crippen LogP contribution in [0.2, 0.25) is 0 Å². The molecule has 110 valence electrons. The Morgan fingerprint density at radius 3 is 2.76 bits per heavy atom. The van der Waals surface area contributed by atoms with Crippen molar-refractivity contribution in [2.75, 3.05) is 12.8 Å². The number of anilines is 1. The van der Waals surface area contributed by atoms with Crippen molar-refractivity contribution in [2.24, 2.45) is 0 Å². The van der Waals surface area contributed by atoms with Crippen LogP contribution in [0.1, 0.15) is 15.9 Å². The van der Waals surface area contributed by atoms with Gasteiger partial charge in [-0.25, -0.2) is 9.18 Å². The minimum absolute atomic E-state index is 0.0235. The number of nitrogens with two attached hydrogens (primary N) is 1. The van der Waals surface area contributed by atoms with Crippen molar-refractivity contribution in [1.29, 1.82) is 0 Å². The highest BCUT2D eigenvalue weighted by molar-refractivity contribution is 9.10. The zero-order chi connectivity index (χ0) is 15.4. The molecule has 0 bridgehead atoms. The maximum Gasteiger partial charge on any atom is 0.342 e. The van der Waals surface area contributed by atoms with E-state index in [9.17, 15) is 9.18 Å². The third-order valence-corrected chi connectivity index (χ3v) is 3.43. The number of hydrogen-bond acceptors (Lipinski definition) is 4. The van der Waals surface area contributed by atoms with Crippen molar-refractivity contribution >= 4 is 27.6 Å². The van der Waals surface area contributed by atoms with E-state index in [0.717, 1.165) is 0 Å². The normalized spacial score (nSPS) is 10.2. The van der Waals surface area contributed by atoms with Crippen LogP contribution in [0.5, 0.6) is 5.75 Å². The number of para-hydroxylation sites is 1. The van der Waals surface area contributed by atoms with Gasteiger partial charge in [0.1, 0.15) is 18.0 Å². The number of esters is 1. The van der Waals surface area contributed by atoms with E-state index in [1.165, 1.54) is 13.2 Å². The van der Waals surface area contributed by atoms with Crippen LogP contribution in [-0.2, 0) is 11.3 Å². The number of halogens is 2. The van der Waals surface area contributed by atoms with Gasteiger partial charge in [-0.05, 0) is 45.8 Å².